The minimum Gasteiger partial charge on any atom is -0.445 e. The van der Waals surface area contributed by atoms with Crippen LogP contribution in [0.15, 0.2) is 18.9 Å². The van der Waals surface area contributed by atoms with Crippen LogP contribution in [0, 0.1) is 0 Å². The molecule has 1 amide bonds. The standard InChI is InChI=1S/C14H21N3O4/c1-3-4-21-14(20)17-8-12(19)6-11(17)5-10-7-15-16(2)13(10)9-18/h3,7,11-12,18-19H,1,4-6,8-9H2,2H3/t11-,12-/m1/s1. The molecule has 0 bridgehead atoms. The molecule has 116 valence electrons. The first-order valence-electron chi connectivity index (χ1n) is 6.89. The van der Waals surface area contributed by atoms with Crippen molar-refractivity contribution < 1.29 is 19.7 Å². The van der Waals surface area contributed by atoms with E-state index in [0.29, 0.717) is 12.8 Å². The molecule has 1 aliphatic heterocycles. The van der Waals surface area contributed by atoms with E-state index in [0.717, 1.165) is 11.3 Å². The fraction of sp³-hybridized carbons (Fsp3) is 0.571. The second-order valence-electron chi connectivity index (χ2n) is 5.16. The van der Waals surface area contributed by atoms with E-state index < -0.39 is 12.2 Å². The molecule has 0 aromatic carbocycles. The zero-order valence-corrected chi connectivity index (χ0v) is 12.1. The number of aromatic nitrogens is 2. The number of β-amino-alcohol motifs (C(OH)–C–C–N with tert-alkyl or cyclic N) is 1. The second kappa shape index (κ2) is 6.73. The predicted molar refractivity (Wildman–Crippen MR) is 75.5 cm³/mol. The van der Waals surface area contributed by atoms with E-state index in [1.807, 2.05) is 0 Å². The molecule has 7 nitrogen and oxygen atoms in total. The Morgan fingerprint density at radius 3 is 3.10 bits per heavy atom. The van der Waals surface area contributed by atoms with Gasteiger partial charge in [0.2, 0.25) is 0 Å². The molecule has 1 aliphatic rings. The fourth-order valence-corrected chi connectivity index (χ4v) is 2.66. The van der Waals surface area contributed by atoms with Crippen molar-refractivity contribution in [1.29, 1.82) is 0 Å². The molecule has 0 radical (unpaired) electrons. The van der Waals surface area contributed by atoms with Crippen molar-refractivity contribution in [1.82, 2.24) is 14.7 Å². The number of amides is 1. The van der Waals surface area contributed by atoms with Gasteiger partial charge in [-0.3, -0.25) is 4.68 Å². The molecule has 2 heterocycles. The molecular weight excluding hydrogens is 274 g/mol. The average Bonchev–Trinajstić information content (AvgIpc) is 2.99. The van der Waals surface area contributed by atoms with E-state index in [2.05, 4.69) is 11.7 Å². The Bertz CT molecular complexity index is 514. The zero-order chi connectivity index (χ0) is 15.4. The van der Waals surface area contributed by atoms with Crippen molar-refractivity contribution in [2.24, 2.45) is 7.05 Å². The number of rotatable bonds is 5. The van der Waals surface area contributed by atoms with Crippen LogP contribution in [-0.2, 0) is 24.8 Å². The Balaban J connectivity index is 2.09. The van der Waals surface area contributed by atoms with Crippen LogP contribution in [0.5, 0.6) is 0 Å². The maximum atomic E-state index is 12.0. The molecule has 7 heteroatoms. The summed E-state index contributed by atoms with van der Waals surface area (Å²) in [6.45, 7) is 3.80. The van der Waals surface area contributed by atoms with Crippen LogP contribution in [0.3, 0.4) is 0 Å². The van der Waals surface area contributed by atoms with E-state index >= 15 is 0 Å². The predicted octanol–water partition coefficient (Wildman–Crippen LogP) is 0.213. The molecular formula is C14H21N3O4. The van der Waals surface area contributed by atoms with E-state index in [9.17, 15) is 15.0 Å². The van der Waals surface area contributed by atoms with Gasteiger partial charge in [0, 0.05) is 13.1 Å². The highest BCUT2D eigenvalue weighted by molar-refractivity contribution is 5.68. The van der Waals surface area contributed by atoms with Gasteiger partial charge < -0.3 is 19.8 Å². The van der Waals surface area contributed by atoms with E-state index in [1.54, 1.807) is 17.9 Å². The number of aliphatic hydroxyl groups is 2. The van der Waals surface area contributed by atoms with Crippen LogP contribution in [0.1, 0.15) is 17.7 Å². The molecule has 21 heavy (non-hydrogen) atoms. The number of aryl methyl sites for hydroxylation is 1. The summed E-state index contributed by atoms with van der Waals surface area (Å²) in [7, 11) is 1.76. The van der Waals surface area contributed by atoms with Crippen molar-refractivity contribution in [3.8, 4) is 0 Å². The molecule has 1 aromatic rings. The number of likely N-dealkylation sites (tertiary alicyclic amines) is 1. The highest BCUT2D eigenvalue weighted by Gasteiger charge is 2.35. The first kappa shape index (κ1) is 15.5. The third kappa shape index (κ3) is 3.43. The number of carbonyl (C=O) groups is 1. The van der Waals surface area contributed by atoms with Crippen LogP contribution >= 0.6 is 0 Å². The van der Waals surface area contributed by atoms with Gasteiger partial charge in [0.05, 0.1) is 31.1 Å². The lowest BCUT2D eigenvalue weighted by atomic mass is 10.0. The fourth-order valence-electron chi connectivity index (χ4n) is 2.66. The average molecular weight is 295 g/mol. The Morgan fingerprint density at radius 2 is 2.43 bits per heavy atom. The van der Waals surface area contributed by atoms with Crippen LogP contribution < -0.4 is 0 Å². The van der Waals surface area contributed by atoms with Gasteiger partial charge in [0.25, 0.3) is 0 Å². The topological polar surface area (TPSA) is 87.8 Å². The molecule has 2 N–H and O–H groups in total. The Hall–Kier alpha value is -1.86. The Labute approximate surface area is 123 Å². The molecule has 2 atom stereocenters. The van der Waals surface area contributed by atoms with Gasteiger partial charge in [-0.05, 0) is 18.4 Å². The third-order valence-electron chi connectivity index (χ3n) is 3.70. The summed E-state index contributed by atoms with van der Waals surface area (Å²) in [4.78, 5) is 13.5. The summed E-state index contributed by atoms with van der Waals surface area (Å²) in [5.74, 6) is 0. The van der Waals surface area contributed by atoms with Gasteiger partial charge >= 0.3 is 6.09 Å². The van der Waals surface area contributed by atoms with Gasteiger partial charge in [0.15, 0.2) is 0 Å². The van der Waals surface area contributed by atoms with Crippen LogP contribution in [-0.4, -0.2) is 56.3 Å². The molecule has 2 rings (SSSR count). The van der Waals surface area contributed by atoms with Gasteiger partial charge in [0.1, 0.15) is 6.61 Å². The summed E-state index contributed by atoms with van der Waals surface area (Å²) < 4.78 is 6.65. The maximum Gasteiger partial charge on any atom is 0.410 e. The highest BCUT2D eigenvalue weighted by atomic mass is 16.6. The van der Waals surface area contributed by atoms with Crippen molar-refractivity contribution >= 4 is 6.09 Å². The highest BCUT2D eigenvalue weighted by Crippen LogP contribution is 2.24. The summed E-state index contributed by atoms with van der Waals surface area (Å²) in [6.07, 6.45) is 3.20. The third-order valence-corrected chi connectivity index (χ3v) is 3.70. The molecule has 0 saturated carbocycles. The van der Waals surface area contributed by atoms with Crippen molar-refractivity contribution in [2.75, 3.05) is 13.2 Å². The quantitative estimate of drug-likeness (QED) is 0.758. The zero-order valence-electron chi connectivity index (χ0n) is 12.1. The molecule has 1 fully saturated rings. The molecule has 0 unspecified atom stereocenters. The SMILES string of the molecule is C=CCOC(=O)N1C[C@H](O)C[C@H]1Cc1cnn(C)c1CO. The Kier molecular flexibility index (Phi) is 4.98. The number of aliphatic hydroxyl groups excluding tert-OH is 2. The van der Waals surface area contributed by atoms with Gasteiger partial charge in [-0.2, -0.15) is 5.10 Å². The number of nitrogens with zero attached hydrogens (tertiary/aromatic N) is 3. The number of hydrogen-bond acceptors (Lipinski definition) is 5. The summed E-state index contributed by atoms with van der Waals surface area (Å²) in [5, 5.41) is 23.3. The normalized spacial score (nSPS) is 21.6. The van der Waals surface area contributed by atoms with Crippen molar-refractivity contribution in [3.63, 3.8) is 0 Å². The summed E-state index contributed by atoms with van der Waals surface area (Å²) in [6, 6.07) is -0.160. The summed E-state index contributed by atoms with van der Waals surface area (Å²) in [5.41, 5.74) is 1.59. The molecule has 1 saturated heterocycles. The minimum atomic E-state index is -0.555. The van der Waals surface area contributed by atoms with E-state index in [-0.39, 0.29) is 25.8 Å². The van der Waals surface area contributed by atoms with Gasteiger partial charge in [-0.25, -0.2) is 4.79 Å². The van der Waals surface area contributed by atoms with Crippen LogP contribution in [0.4, 0.5) is 4.79 Å². The number of hydrogen-bond donors (Lipinski definition) is 2. The monoisotopic (exact) mass is 295 g/mol. The largest absolute Gasteiger partial charge is 0.445 e. The van der Waals surface area contributed by atoms with Crippen molar-refractivity contribution in [2.45, 2.75) is 31.6 Å². The van der Waals surface area contributed by atoms with Gasteiger partial charge in [-0.1, -0.05) is 12.7 Å². The molecule has 0 aliphatic carbocycles. The van der Waals surface area contributed by atoms with Crippen LogP contribution in [0.25, 0.3) is 0 Å². The first-order valence-corrected chi connectivity index (χ1v) is 6.89. The summed E-state index contributed by atoms with van der Waals surface area (Å²) >= 11 is 0. The van der Waals surface area contributed by atoms with Gasteiger partial charge in [-0.15, -0.1) is 0 Å². The lowest BCUT2D eigenvalue weighted by Crippen LogP contribution is -2.37. The van der Waals surface area contributed by atoms with Crippen molar-refractivity contribution in [3.05, 3.63) is 30.1 Å². The molecule has 1 aromatic heterocycles. The maximum absolute atomic E-state index is 12.0. The van der Waals surface area contributed by atoms with E-state index in [1.165, 1.54) is 11.0 Å². The minimum absolute atomic E-state index is 0.109. The smallest absolute Gasteiger partial charge is 0.410 e. The second-order valence-corrected chi connectivity index (χ2v) is 5.16. The number of carbonyl (C=O) groups excluding carboxylic acids is 1. The lowest BCUT2D eigenvalue weighted by molar-refractivity contribution is 0.102. The first-order chi connectivity index (χ1) is 10.1. The number of ether oxygens (including phenoxy) is 1. The molecule has 0 spiro atoms. The van der Waals surface area contributed by atoms with E-state index in [4.69, 9.17) is 4.74 Å². The Morgan fingerprint density at radius 1 is 1.67 bits per heavy atom. The van der Waals surface area contributed by atoms with Crippen LogP contribution in [0.2, 0.25) is 0 Å². The lowest BCUT2D eigenvalue weighted by Gasteiger charge is -2.23.